The van der Waals surface area contributed by atoms with Crippen LogP contribution in [0.15, 0.2) is 11.1 Å². The predicted molar refractivity (Wildman–Crippen MR) is 75.0 cm³/mol. The molecule has 2 rings (SSSR count). The lowest BCUT2D eigenvalue weighted by atomic mass is 10.1. The molecule has 2 heterocycles. The van der Waals surface area contributed by atoms with Gasteiger partial charge >= 0.3 is 0 Å². The Hall–Kier alpha value is -0.880. The van der Waals surface area contributed by atoms with Gasteiger partial charge in [-0.2, -0.15) is 5.10 Å². The van der Waals surface area contributed by atoms with Crippen molar-refractivity contribution in [2.75, 3.05) is 19.3 Å². The van der Waals surface area contributed by atoms with Crippen LogP contribution in [0.1, 0.15) is 44.7 Å². The summed E-state index contributed by atoms with van der Waals surface area (Å²) in [4.78, 5) is 2.83. The van der Waals surface area contributed by atoms with Gasteiger partial charge in [0, 0.05) is 24.8 Å². The van der Waals surface area contributed by atoms with Crippen LogP contribution in [0, 0.1) is 0 Å². The van der Waals surface area contributed by atoms with Crippen LogP contribution in [0.3, 0.4) is 0 Å². The Bertz CT molecular complexity index is 520. The summed E-state index contributed by atoms with van der Waals surface area (Å²) >= 11 is 0. The van der Waals surface area contributed by atoms with Crippen molar-refractivity contribution in [2.45, 2.75) is 50.0 Å². The van der Waals surface area contributed by atoms with Gasteiger partial charge in [0.15, 0.2) is 9.84 Å². The third-order valence-electron chi connectivity index (χ3n) is 4.12. The first-order valence-electron chi connectivity index (χ1n) is 6.94. The molecule has 1 fully saturated rings. The Labute approximate surface area is 115 Å². The fraction of sp³-hybridized carbons (Fsp3) is 0.769. The lowest BCUT2D eigenvalue weighted by molar-refractivity contribution is 0.227. The van der Waals surface area contributed by atoms with E-state index in [4.69, 9.17) is 0 Å². The maximum absolute atomic E-state index is 11.7. The van der Waals surface area contributed by atoms with Crippen LogP contribution in [-0.2, 0) is 9.84 Å². The molecule has 1 saturated heterocycles. The van der Waals surface area contributed by atoms with Gasteiger partial charge in [-0.05, 0) is 25.8 Å². The summed E-state index contributed by atoms with van der Waals surface area (Å²) in [6, 6.07) is 0.606. The monoisotopic (exact) mass is 285 g/mol. The van der Waals surface area contributed by atoms with E-state index in [9.17, 15) is 8.42 Å². The number of nitrogens with one attached hydrogen (secondary N) is 1. The van der Waals surface area contributed by atoms with Gasteiger partial charge < -0.3 is 0 Å². The molecule has 0 radical (unpaired) electrons. The first-order valence-corrected chi connectivity index (χ1v) is 8.83. The molecular weight excluding hydrogens is 262 g/mol. The molecule has 1 aliphatic heterocycles. The van der Waals surface area contributed by atoms with Crippen molar-refractivity contribution in [3.8, 4) is 0 Å². The molecule has 1 N–H and O–H groups in total. The molecule has 0 aliphatic carbocycles. The fourth-order valence-corrected chi connectivity index (χ4v) is 3.89. The molecule has 6 heteroatoms. The van der Waals surface area contributed by atoms with Crippen LogP contribution in [0.25, 0.3) is 0 Å². The minimum absolute atomic E-state index is 0.257. The van der Waals surface area contributed by atoms with Crippen LogP contribution in [0.5, 0.6) is 0 Å². The zero-order chi connectivity index (χ0) is 14.0. The molecule has 1 aromatic rings. The third-order valence-corrected chi connectivity index (χ3v) is 5.24. The Morgan fingerprint density at radius 2 is 2.16 bits per heavy atom. The van der Waals surface area contributed by atoms with E-state index in [1.54, 1.807) is 0 Å². The van der Waals surface area contributed by atoms with Crippen molar-refractivity contribution in [1.29, 1.82) is 0 Å². The van der Waals surface area contributed by atoms with Crippen molar-refractivity contribution < 1.29 is 8.42 Å². The van der Waals surface area contributed by atoms with Crippen molar-refractivity contribution in [2.24, 2.45) is 0 Å². The minimum atomic E-state index is -3.19. The average Bonchev–Trinajstić information content (AvgIpc) is 2.97. The van der Waals surface area contributed by atoms with Crippen LogP contribution in [-0.4, -0.2) is 48.9 Å². The normalized spacial score (nSPS) is 21.4. The van der Waals surface area contributed by atoms with Gasteiger partial charge in [0.1, 0.15) is 4.90 Å². The molecule has 5 nitrogen and oxygen atoms in total. The van der Waals surface area contributed by atoms with E-state index >= 15 is 0 Å². The third kappa shape index (κ3) is 3.00. The van der Waals surface area contributed by atoms with E-state index in [0.29, 0.717) is 10.9 Å². The molecule has 0 bridgehead atoms. The van der Waals surface area contributed by atoms with E-state index in [0.717, 1.165) is 38.0 Å². The zero-order valence-electron chi connectivity index (χ0n) is 11.9. The zero-order valence-corrected chi connectivity index (χ0v) is 12.7. The Kier molecular flexibility index (Phi) is 4.30. The number of hydrogen-bond acceptors (Lipinski definition) is 4. The summed E-state index contributed by atoms with van der Waals surface area (Å²) in [5.74, 6) is 0.257. The molecule has 1 aromatic heterocycles. The molecule has 0 spiro atoms. The van der Waals surface area contributed by atoms with Crippen molar-refractivity contribution in [3.05, 3.63) is 11.9 Å². The standard InChI is InChI=1S/C13H23N3O2S/c1-4-11(5-2)16-7-6-10(9-16)13-12(8-14-15-13)19(3,17)18/h8,10-11H,4-7,9H2,1-3H3,(H,14,15)/t10-/m0/s1. The van der Waals surface area contributed by atoms with E-state index in [-0.39, 0.29) is 5.92 Å². The first kappa shape index (κ1) is 14.5. The number of aromatic amines is 1. The lowest BCUT2D eigenvalue weighted by Gasteiger charge is -2.25. The van der Waals surface area contributed by atoms with Gasteiger partial charge in [-0.1, -0.05) is 13.8 Å². The Morgan fingerprint density at radius 1 is 1.47 bits per heavy atom. The number of sulfone groups is 1. The van der Waals surface area contributed by atoms with Crippen LogP contribution >= 0.6 is 0 Å². The number of rotatable bonds is 5. The number of H-pyrrole nitrogens is 1. The number of aromatic nitrogens is 2. The number of nitrogens with zero attached hydrogens (tertiary/aromatic N) is 2. The number of hydrogen-bond donors (Lipinski definition) is 1. The second-order valence-electron chi connectivity index (χ2n) is 5.37. The smallest absolute Gasteiger partial charge is 0.178 e. The highest BCUT2D eigenvalue weighted by Gasteiger charge is 2.31. The van der Waals surface area contributed by atoms with Gasteiger partial charge in [0.05, 0.1) is 11.9 Å². The molecular formula is C13H23N3O2S. The average molecular weight is 285 g/mol. The van der Waals surface area contributed by atoms with E-state index in [1.165, 1.54) is 12.5 Å². The summed E-state index contributed by atoms with van der Waals surface area (Å²) in [6.07, 6.45) is 5.97. The minimum Gasteiger partial charge on any atom is -0.300 e. The molecule has 108 valence electrons. The molecule has 1 aliphatic rings. The summed E-state index contributed by atoms with van der Waals surface area (Å²) in [7, 11) is -3.19. The molecule has 0 unspecified atom stereocenters. The maximum atomic E-state index is 11.7. The topological polar surface area (TPSA) is 66.1 Å². The van der Waals surface area contributed by atoms with Crippen molar-refractivity contribution in [1.82, 2.24) is 15.1 Å². The molecule has 19 heavy (non-hydrogen) atoms. The molecule has 0 saturated carbocycles. The van der Waals surface area contributed by atoms with E-state index < -0.39 is 9.84 Å². The van der Waals surface area contributed by atoms with Gasteiger partial charge in [-0.25, -0.2) is 8.42 Å². The van der Waals surface area contributed by atoms with Crippen LogP contribution < -0.4 is 0 Å². The van der Waals surface area contributed by atoms with Crippen LogP contribution in [0.4, 0.5) is 0 Å². The summed E-state index contributed by atoms with van der Waals surface area (Å²) in [6.45, 7) is 6.38. The molecule has 1 atom stereocenters. The SMILES string of the molecule is CCC(CC)N1CC[C@H](c2[nH]ncc2S(C)(=O)=O)C1. The Morgan fingerprint density at radius 3 is 2.74 bits per heavy atom. The number of likely N-dealkylation sites (tertiary alicyclic amines) is 1. The van der Waals surface area contributed by atoms with Crippen molar-refractivity contribution in [3.63, 3.8) is 0 Å². The highest BCUT2D eigenvalue weighted by molar-refractivity contribution is 7.90. The van der Waals surface area contributed by atoms with Crippen molar-refractivity contribution >= 4 is 9.84 Å². The molecule has 0 aromatic carbocycles. The summed E-state index contributed by atoms with van der Waals surface area (Å²) < 4.78 is 23.5. The van der Waals surface area contributed by atoms with Gasteiger partial charge in [0.2, 0.25) is 0 Å². The lowest BCUT2D eigenvalue weighted by Crippen LogP contribution is -2.32. The second-order valence-corrected chi connectivity index (χ2v) is 7.36. The molecule has 0 amide bonds. The predicted octanol–water partition coefficient (Wildman–Crippen LogP) is 1.79. The highest BCUT2D eigenvalue weighted by Crippen LogP contribution is 2.31. The van der Waals surface area contributed by atoms with E-state index in [1.807, 2.05) is 0 Å². The van der Waals surface area contributed by atoms with E-state index in [2.05, 4.69) is 28.9 Å². The van der Waals surface area contributed by atoms with Crippen LogP contribution in [0.2, 0.25) is 0 Å². The largest absolute Gasteiger partial charge is 0.300 e. The maximum Gasteiger partial charge on any atom is 0.178 e. The van der Waals surface area contributed by atoms with Gasteiger partial charge in [0.25, 0.3) is 0 Å². The Balaban J connectivity index is 2.16. The van der Waals surface area contributed by atoms with Gasteiger partial charge in [-0.3, -0.25) is 10.00 Å². The second kappa shape index (κ2) is 5.63. The van der Waals surface area contributed by atoms with Gasteiger partial charge in [-0.15, -0.1) is 0 Å². The summed E-state index contributed by atoms with van der Waals surface area (Å²) in [5.41, 5.74) is 0.788. The quantitative estimate of drug-likeness (QED) is 0.895. The fourth-order valence-electron chi connectivity index (χ4n) is 3.03. The highest BCUT2D eigenvalue weighted by atomic mass is 32.2. The summed E-state index contributed by atoms with van der Waals surface area (Å²) in [5, 5.41) is 6.81. The first-order chi connectivity index (χ1) is 8.97.